The highest BCUT2D eigenvalue weighted by Crippen LogP contribution is 2.17. The number of thiazole rings is 1. The maximum atomic E-state index is 11.5. The van der Waals surface area contributed by atoms with E-state index in [9.17, 15) is 4.79 Å². The Hall–Kier alpha value is -0.940. The van der Waals surface area contributed by atoms with Crippen molar-refractivity contribution in [3.05, 3.63) is 11.2 Å². The Morgan fingerprint density at radius 3 is 2.71 bits per heavy atom. The van der Waals surface area contributed by atoms with Crippen molar-refractivity contribution >= 4 is 22.2 Å². The number of nitrogens with one attached hydrogen (secondary N) is 1. The molecule has 0 fully saturated rings. The molecule has 1 aromatic heterocycles. The van der Waals surface area contributed by atoms with Crippen molar-refractivity contribution < 1.29 is 4.79 Å². The molecule has 5 heteroatoms. The molecule has 0 saturated carbocycles. The molecule has 1 amide bonds. The zero-order valence-electron chi connectivity index (χ0n) is 8.57. The molecule has 0 aliphatic heterocycles. The molecule has 0 bridgehead atoms. The predicted molar refractivity (Wildman–Crippen MR) is 58.3 cm³/mol. The minimum absolute atomic E-state index is 0.143. The summed E-state index contributed by atoms with van der Waals surface area (Å²) in [6.07, 6.45) is 1.64. The van der Waals surface area contributed by atoms with Crippen LogP contribution in [0.1, 0.15) is 18.9 Å². The van der Waals surface area contributed by atoms with E-state index < -0.39 is 6.04 Å². The molecule has 1 aromatic rings. The van der Waals surface area contributed by atoms with E-state index in [1.54, 1.807) is 6.20 Å². The summed E-state index contributed by atoms with van der Waals surface area (Å²) in [5, 5.41) is 4.42. The highest BCUT2D eigenvalue weighted by Gasteiger charge is 2.17. The molecule has 0 aliphatic rings. The summed E-state index contributed by atoms with van der Waals surface area (Å²) in [5.74, 6) is -0.00679. The summed E-state index contributed by atoms with van der Waals surface area (Å²) < 4.78 is 0. The molecule has 1 heterocycles. The second-order valence-corrected chi connectivity index (χ2v) is 4.74. The molecule has 0 unspecified atom stereocenters. The van der Waals surface area contributed by atoms with Crippen LogP contribution in [0.25, 0.3) is 0 Å². The summed E-state index contributed by atoms with van der Waals surface area (Å²) >= 11 is 1.45. The van der Waals surface area contributed by atoms with Crippen molar-refractivity contribution in [2.24, 2.45) is 11.7 Å². The second-order valence-electron chi connectivity index (χ2n) is 3.50. The minimum Gasteiger partial charge on any atom is -0.320 e. The van der Waals surface area contributed by atoms with Crippen molar-refractivity contribution in [3.63, 3.8) is 0 Å². The molecule has 1 rings (SSSR count). The Balaban J connectivity index is 2.57. The van der Waals surface area contributed by atoms with Gasteiger partial charge in [-0.3, -0.25) is 4.79 Å². The summed E-state index contributed by atoms with van der Waals surface area (Å²) in [7, 11) is 0. The van der Waals surface area contributed by atoms with Gasteiger partial charge in [0.05, 0.1) is 17.2 Å². The Morgan fingerprint density at radius 2 is 2.29 bits per heavy atom. The lowest BCUT2D eigenvalue weighted by molar-refractivity contribution is -0.118. The average Bonchev–Trinajstić information content (AvgIpc) is 2.49. The topological polar surface area (TPSA) is 68.0 Å². The van der Waals surface area contributed by atoms with E-state index in [1.807, 2.05) is 20.8 Å². The van der Waals surface area contributed by atoms with Crippen LogP contribution in [0.5, 0.6) is 0 Å². The molecule has 0 spiro atoms. The number of amides is 1. The number of anilines is 1. The quantitative estimate of drug-likeness (QED) is 0.797. The van der Waals surface area contributed by atoms with E-state index in [1.165, 1.54) is 11.3 Å². The predicted octanol–water partition coefficient (Wildman–Crippen LogP) is 1.37. The van der Waals surface area contributed by atoms with Gasteiger partial charge in [0.2, 0.25) is 5.91 Å². The van der Waals surface area contributed by atoms with Gasteiger partial charge in [-0.2, -0.15) is 0 Å². The summed E-state index contributed by atoms with van der Waals surface area (Å²) in [4.78, 5) is 15.5. The summed E-state index contributed by atoms with van der Waals surface area (Å²) in [5.41, 5.74) is 5.69. The first-order valence-electron chi connectivity index (χ1n) is 4.49. The number of carbonyl (C=O) groups is 1. The zero-order valence-corrected chi connectivity index (χ0v) is 9.39. The van der Waals surface area contributed by atoms with Crippen molar-refractivity contribution in [2.75, 3.05) is 5.32 Å². The van der Waals surface area contributed by atoms with Gasteiger partial charge in [-0.1, -0.05) is 13.8 Å². The summed E-state index contributed by atoms with van der Waals surface area (Å²) in [6.45, 7) is 5.73. The van der Waals surface area contributed by atoms with Gasteiger partial charge in [0, 0.05) is 0 Å². The first-order valence-corrected chi connectivity index (χ1v) is 5.31. The summed E-state index contributed by atoms with van der Waals surface area (Å²) in [6, 6.07) is -0.461. The highest BCUT2D eigenvalue weighted by molar-refractivity contribution is 7.15. The third kappa shape index (κ3) is 2.78. The van der Waals surface area contributed by atoms with Crippen LogP contribution in [0.15, 0.2) is 6.20 Å². The molecule has 0 radical (unpaired) electrons. The maximum Gasteiger partial charge on any atom is 0.242 e. The molecular weight excluding hydrogens is 198 g/mol. The van der Waals surface area contributed by atoms with Crippen LogP contribution < -0.4 is 11.1 Å². The molecule has 0 saturated heterocycles. The number of aromatic nitrogens is 1. The first kappa shape index (κ1) is 11.1. The fraction of sp³-hybridized carbons (Fsp3) is 0.556. The lowest BCUT2D eigenvalue weighted by atomic mass is 10.1. The molecule has 0 aromatic carbocycles. The molecule has 0 aliphatic carbocycles. The van der Waals surface area contributed by atoms with Gasteiger partial charge >= 0.3 is 0 Å². The van der Waals surface area contributed by atoms with Crippen molar-refractivity contribution in [1.29, 1.82) is 0 Å². The first-order chi connectivity index (χ1) is 6.50. The Bertz CT molecular complexity index is 322. The van der Waals surface area contributed by atoms with E-state index in [0.717, 1.165) is 10.0 Å². The molecule has 3 N–H and O–H groups in total. The van der Waals surface area contributed by atoms with Gasteiger partial charge in [0.15, 0.2) is 0 Å². The van der Waals surface area contributed by atoms with Crippen molar-refractivity contribution in [2.45, 2.75) is 26.8 Å². The van der Waals surface area contributed by atoms with Crippen LogP contribution in [0.2, 0.25) is 0 Å². The van der Waals surface area contributed by atoms with E-state index >= 15 is 0 Å². The van der Waals surface area contributed by atoms with Crippen LogP contribution in [0, 0.1) is 12.8 Å². The largest absolute Gasteiger partial charge is 0.320 e. The number of rotatable bonds is 3. The molecule has 1 atom stereocenters. The maximum absolute atomic E-state index is 11.5. The Morgan fingerprint density at radius 1 is 1.64 bits per heavy atom. The van der Waals surface area contributed by atoms with E-state index in [4.69, 9.17) is 5.73 Å². The third-order valence-electron chi connectivity index (χ3n) is 1.89. The number of hydrogen-bond acceptors (Lipinski definition) is 4. The fourth-order valence-corrected chi connectivity index (χ4v) is 1.61. The monoisotopic (exact) mass is 213 g/mol. The number of nitrogens with zero attached hydrogens (tertiary/aromatic N) is 1. The van der Waals surface area contributed by atoms with Crippen LogP contribution in [-0.4, -0.2) is 16.9 Å². The number of aryl methyl sites for hydroxylation is 1. The number of hydrogen-bond donors (Lipinski definition) is 2. The fourth-order valence-electron chi connectivity index (χ4n) is 0.927. The van der Waals surface area contributed by atoms with Gasteiger partial charge in [-0.05, 0) is 12.8 Å². The van der Waals surface area contributed by atoms with Gasteiger partial charge < -0.3 is 11.1 Å². The molecule has 4 nitrogen and oxygen atoms in total. The normalized spacial score (nSPS) is 12.9. The van der Waals surface area contributed by atoms with Gasteiger partial charge in [0.25, 0.3) is 0 Å². The number of carbonyl (C=O) groups excluding carboxylic acids is 1. The van der Waals surface area contributed by atoms with Crippen LogP contribution in [0.4, 0.5) is 5.00 Å². The third-order valence-corrected chi connectivity index (χ3v) is 2.72. The minimum atomic E-state index is -0.461. The van der Waals surface area contributed by atoms with E-state index in [2.05, 4.69) is 10.3 Å². The smallest absolute Gasteiger partial charge is 0.242 e. The van der Waals surface area contributed by atoms with Gasteiger partial charge in [-0.15, -0.1) is 11.3 Å². The Kier molecular flexibility index (Phi) is 3.60. The Labute approximate surface area is 87.5 Å². The van der Waals surface area contributed by atoms with Crippen molar-refractivity contribution in [3.8, 4) is 0 Å². The molecular formula is C9H15N3OS. The van der Waals surface area contributed by atoms with Crippen LogP contribution in [0.3, 0.4) is 0 Å². The molecule has 78 valence electrons. The highest BCUT2D eigenvalue weighted by atomic mass is 32.1. The SMILES string of the molecule is Cc1ncc(NC(=O)[C@H](N)C(C)C)s1. The van der Waals surface area contributed by atoms with Crippen molar-refractivity contribution in [1.82, 2.24) is 4.98 Å². The number of nitrogens with two attached hydrogens (primary N) is 1. The lowest BCUT2D eigenvalue weighted by Gasteiger charge is -2.13. The van der Waals surface area contributed by atoms with Gasteiger partial charge in [0.1, 0.15) is 5.00 Å². The van der Waals surface area contributed by atoms with E-state index in [-0.39, 0.29) is 11.8 Å². The average molecular weight is 213 g/mol. The lowest BCUT2D eigenvalue weighted by Crippen LogP contribution is -2.39. The van der Waals surface area contributed by atoms with E-state index in [0.29, 0.717) is 0 Å². The van der Waals surface area contributed by atoms with Crippen LogP contribution >= 0.6 is 11.3 Å². The molecule has 14 heavy (non-hydrogen) atoms. The second kappa shape index (κ2) is 4.52. The van der Waals surface area contributed by atoms with Crippen LogP contribution in [-0.2, 0) is 4.79 Å². The standard InChI is InChI=1S/C9H15N3OS/c1-5(2)8(10)9(13)12-7-4-11-6(3)14-7/h4-5,8H,10H2,1-3H3,(H,12,13)/t8-/m1/s1. The van der Waals surface area contributed by atoms with Gasteiger partial charge in [-0.25, -0.2) is 4.98 Å². The zero-order chi connectivity index (χ0) is 10.7.